The molecule has 1 unspecified atom stereocenters. The Kier molecular flexibility index (Phi) is 2.28. The summed E-state index contributed by atoms with van der Waals surface area (Å²) < 4.78 is 0. The molecule has 0 aromatic carbocycles. The molecular formula is C9H14O. The van der Waals surface area contributed by atoms with Gasteiger partial charge >= 0.3 is 0 Å². The van der Waals surface area contributed by atoms with E-state index in [2.05, 4.69) is 26.0 Å². The topological polar surface area (TPSA) is 20.2 Å². The third-order valence-corrected chi connectivity index (χ3v) is 1.77. The molecule has 0 radical (unpaired) electrons. The number of hydrogen-bond donors (Lipinski definition) is 1. The Balaban J connectivity index is 2.70. The number of aliphatic hydroxyl groups excluding tert-OH is 1. The van der Waals surface area contributed by atoms with E-state index in [0.29, 0.717) is 5.92 Å². The lowest BCUT2D eigenvalue weighted by Crippen LogP contribution is -2.02. The van der Waals surface area contributed by atoms with E-state index >= 15 is 0 Å². The van der Waals surface area contributed by atoms with Gasteiger partial charge in [0.2, 0.25) is 0 Å². The minimum Gasteiger partial charge on any atom is -0.392 e. The predicted molar refractivity (Wildman–Crippen MR) is 42.7 cm³/mol. The Bertz CT molecular complexity index is 177. The van der Waals surface area contributed by atoms with E-state index in [1.54, 1.807) is 0 Å². The summed E-state index contributed by atoms with van der Waals surface area (Å²) in [4.78, 5) is 0. The van der Waals surface area contributed by atoms with Crippen molar-refractivity contribution in [3.63, 3.8) is 0 Å². The lowest BCUT2D eigenvalue weighted by Gasteiger charge is -2.14. The maximum absolute atomic E-state index is 8.83. The second kappa shape index (κ2) is 3.02. The van der Waals surface area contributed by atoms with Crippen LogP contribution in [0.5, 0.6) is 0 Å². The van der Waals surface area contributed by atoms with Crippen molar-refractivity contribution in [2.24, 2.45) is 5.92 Å². The van der Waals surface area contributed by atoms with Gasteiger partial charge in [0.15, 0.2) is 0 Å². The zero-order valence-corrected chi connectivity index (χ0v) is 6.59. The van der Waals surface area contributed by atoms with E-state index < -0.39 is 0 Å². The summed E-state index contributed by atoms with van der Waals surface area (Å²) in [6.07, 6.45) is 5.33. The Morgan fingerprint density at radius 2 is 2.40 bits per heavy atom. The third-order valence-electron chi connectivity index (χ3n) is 1.77. The smallest absolute Gasteiger partial charge is 0.0645 e. The molecule has 0 fully saturated rings. The highest BCUT2D eigenvalue weighted by Gasteiger charge is 2.07. The van der Waals surface area contributed by atoms with E-state index in [4.69, 9.17) is 5.11 Å². The van der Waals surface area contributed by atoms with Crippen LogP contribution in [0, 0.1) is 5.92 Å². The fourth-order valence-electron chi connectivity index (χ4n) is 1.46. The molecule has 0 aliphatic heterocycles. The molecule has 56 valence electrons. The average molecular weight is 138 g/mol. The van der Waals surface area contributed by atoms with Crippen LogP contribution in [0.3, 0.4) is 0 Å². The Hall–Kier alpha value is -0.560. The maximum Gasteiger partial charge on any atom is 0.0645 e. The number of aliphatic hydroxyl groups is 1. The minimum absolute atomic E-state index is 0.218. The van der Waals surface area contributed by atoms with Crippen LogP contribution in [0.1, 0.15) is 20.3 Å². The number of hydrogen-bond acceptors (Lipinski definition) is 1. The molecule has 1 heteroatoms. The highest BCUT2D eigenvalue weighted by atomic mass is 16.3. The zero-order valence-electron chi connectivity index (χ0n) is 6.59. The van der Waals surface area contributed by atoms with Crippen molar-refractivity contribution < 1.29 is 5.11 Å². The van der Waals surface area contributed by atoms with E-state index in [9.17, 15) is 0 Å². The van der Waals surface area contributed by atoms with Gasteiger partial charge < -0.3 is 5.11 Å². The van der Waals surface area contributed by atoms with Crippen LogP contribution in [0.2, 0.25) is 0 Å². The van der Waals surface area contributed by atoms with Gasteiger partial charge in [-0.3, -0.25) is 0 Å². The zero-order chi connectivity index (χ0) is 7.56. The highest BCUT2D eigenvalue weighted by molar-refractivity contribution is 5.27. The fourth-order valence-corrected chi connectivity index (χ4v) is 1.46. The molecule has 1 aliphatic carbocycles. The summed E-state index contributed by atoms with van der Waals surface area (Å²) in [5, 5.41) is 8.83. The monoisotopic (exact) mass is 138 g/mol. The molecule has 0 spiro atoms. The van der Waals surface area contributed by atoms with Gasteiger partial charge in [0.1, 0.15) is 0 Å². The second-order valence-electron chi connectivity index (χ2n) is 3.05. The van der Waals surface area contributed by atoms with Crippen LogP contribution in [-0.2, 0) is 0 Å². The van der Waals surface area contributed by atoms with Gasteiger partial charge in [-0.1, -0.05) is 24.6 Å². The quantitative estimate of drug-likeness (QED) is 0.586. The molecule has 0 amide bonds. The largest absolute Gasteiger partial charge is 0.392 e. The van der Waals surface area contributed by atoms with E-state index in [1.165, 1.54) is 5.57 Å². The Morgan fingerprint density at radius 3 is 2.90 bits per heavy atom. The van der Waals surface area contributed by atoms with Crippen LogP contribution in [0.15, 0.2) is 23.3 Å². The fraction of sp³-hybridized carbons (Fsp3) is 0.556. The molecule has 1 nitrogen and oxygen atoms in total. The molecule has 0 aromatic heterocycles. The lowest BCUT2D eigenvalue weighted by molar-refractivity contribution is 0.322. The van der Waals surface area contributed by atoms with Crippen molar-refractivity contribution in [1.29, 1.82) is 0 Å². The maximum atomic E-state index is 8.83. The molecule has 0 saturated carbocycles. The lowest BCUT2D eigenvalue weighted by atomic mass is 9.93. The van der Waals surface area contributed by atoms with Gasteiger partial charge in [-0.15, -0.1) is 0 Å². The molecule has 10 heavy (non-hydrogen) atoms. The first-order valence-corrected chi connectivity index (χ1v) is 3.71. The SMILES string of the molecule is CC1=CC(C)CC(CO)=C1. The van der Waals surface area contributed by atoms with E-state index in [0.717, 1.165) is 12.0 Å². The second-order valence-corrected chi connectivity index (χ2v) is 3.05. The summed E-state index contributed by atoms with van der Waals surface area (Å²) in [5.74, 6) is 0.604. The standard InChI is InChI=1S/C9H14O/c1-7-3-8(2)5-9(4-7)6-10/h3-4,8,10H,5-6H2,1-2H3. The van der Waals surface area contributed by atoms with Gasteiger partial charge in [0, 0.05) is 0 Å². The first-order valence-electron chi connectivity index (χ1n) is 3.71. The van der Waals surface area contributed by atoms with Crippen molar-refractivity contribution in [2.45, 2.75) is 20.3 Å². The van der Waals surface area contributed by atoms with Crippen molar-refractivity contribution in [3.8, 4) is 0 Å². The van der Waals surface area contributed by atoms with Gasteiger partial charge in [-0.2, -0.15) is 0 Å². The third kappa shape index (κ3) is 1.71. The van der Waals surface area contributed by atoms with Gasteiger partial charge in [0.25, 0.3) is 0 Å². The highest BCUT2D eigenvalue weighted by Crippen LogP contribution is 2.21. The molecule has 0 heterocycles. The molecule has 0 bridgehead atoms. The van der Waals surface area contributed by atoms with Gasteiger partial charge in [-0.25, -0.2) is 0 Å². The van der Waals surface area contributed by atoms with Crippen LogP contribution in [0.4, 0.5) is 0 Å². The molecule has 1 aliphatic rings. The van der Waals surface area contributed by atoms with Gasteiger partial charge in [0.05, 0.1) is 6.61 Å². The van der Waals surface area contributed by atoms with E-state index in [-0.39, 0.29) is 6.61 Å². The molecule has 1 N–H and O–H groups in total. The normalized spacial score (nSPS) is 25.7. The molecule has 0 saturated heterocycles. The summed E-state index contributed by atoms with van der Waals surface area (Å²) in [7, 11) is 0. The van der Waals surface area contributed by atoms with E-state index in [1.807, 2.05) is 0 Å². The van der Waals surface area contributed by atoms with Crippen molar-refractivity contribution >= 4 is 0 Å². The van der Waals surface area contributed by atoms with Crippen LogP contribution < -0.4 is 0 Å². The predicted octanol–water partition coefficient (Wildman–Crippen LogP) is 1.89. The van der Waals surface area contributed by atoms with Crippen LogP contribution in [0.25, 0.3) is 0 Å². The van der Waals surface area contributed by atoms with Crippen molar-refractivity contribution in [2.75, 3.05) is 6.61 Å². The molecular weight excluding hydrogens is 124 g/mol. The number of rotatable bonds is 1. The number of allylic oxidation sites excluding steroid dienone is 3. The van der Waals surface area contributed by atoms with Crippen molar-refractivity contribution in [1.82, 2.24) is 0 Å². The van der Waals surface area contributed by atoms with Crippen molar-refractivity contribution in [3.05, 3.63) is 23.3 Å². The summed E-state index contributed by atoms with van der Waals surface area (Å²) in [5.41, 5.74) is 2.44. The summed E-state index contributed by atoms with van der Waals surface area (Å²) in [6, 6.07) is 0. The summed E-state index contributed by atoms with van der Waals surface area (Å²) >= 11 is 0. The first-order chi connectivity index (χ1) is 4.72. The molecule has 1 rings (SSSR count). The molecule has 0 aromatic rings. The average Bonchev–Trinajstić information content (AvgIpc) is 1.85. The van der Waals surface area contributed by atoms with Crippen LogP contribution in [-0.4, -0.2) is 11.7 Å². The Morgan fingerprint density at radius 1 is 1.70 bits per heavy atom. The summed E-state index contributed by atoms with van der Waals surface area (Å²) in [6.45, 7) is 4.47. The minimum atomic E-state index is 0.218. The van der Waals surface area contributed by atoms with Crippen LogP contribution >= 0.6 is 0 Å². The molecule has 1 atom stereocenters. The Labute approximate surface area is 62.1 Å². The van der Waals surface area contributed by atoms with Gasteiger partial charge in [-0.05, 0) is 24.8 Å². The first kappa shape index (κ1) is 7.55.